The molecule has 0 atom stereocenters. The molecule has 1 fully saturated rings. The number of piperidine rings is 1. The van der Waals surface area contributed by atoms with Crippen LogP contribution in [0, 0.1) is 11.8 Å². The van der Waals surface area contributed by atoms with E-state index in [1.165, 1.54) is 12.8 Å². The van der Waals surface area contributed by atoms with Crippen LogP contribution in [-0.4, -0.2) is 24.1 Å². The first-order chi connectivity index (χ1) is 9.54. The molecule has 0 spiro atoms. The van der Waals surface area contributed by atoms with Crippen molar-refractivity contribution in [2.45, 2.75) is 26.7 Å². The number of amidine groups is 1. The summed E-state index contributed by atoms with van der Waals surface area (Å²) in [6, 6.07) is 5.65. The summed E-state index contributed by atoms with van der Waals surface area (Å²) in [5, 5.41) is 12.6. The smallest absolute Gasteiger partial charge is 0.173 e. The molecule has 0 unspecified atom stereocenters. The monoisotopic (exact) mass is 295 g/mol. The summed E-state index contributed by atoms with van der Waals surface area (Å²) in [6.07, 6.45) is 2.33. The first kappa shape index (κ1) is 15.0. The van der Waals surface area contributed by atoms with E-state index in [9.17, 15) is 0 Å². The van der Waals surface area contributed by atoms with Crippen LogP contribution in [0.5, 0.6) is 0 Å². The number of hydrogen-bond acceptors (Lipinski definition) is 3. The first-order valence-electron chi connectivity index (χ1n) is 7.06. The summed E-state index contributed by atoms with van der Waals surface area (Å²) >= 11 is 6.20. The maximum atomic E-state index is 8.94. The zero-order chi connectivity index (χ0) is 14.7. The normalized spacial score (nSPS) is 17.8. The van der Waals surface area contributed by atoms with E-state index in [1.807, 2.05) is 12.1 Å². The van der Waals surface area contributed by atoms with Crippen molar-refractivity contribution in [3.63, 3.8) is 0 Å². The molecule has 0 bridgehead atoms. The van der Waals surface area contributed by atoms with Crippen LogP contribution in [0.25, 0.3) is 0 Å². The van der Waals surface area contributed by atoms with E-state index in [-0.39, 0.29) is 5.84 Å². The van der Waals surface area contributed by atoms with Gasteiger partial charge in [-0.3, -0.25) is 0 Å². The van der Waals surface area contributed by atoms with E-state index in [0.717, 1.165) is 30.6 Å². The molecule has 1 saturated heterocycles. The van der Waals surface area contributed by atoms with Crippen molar-refractivity contribution in [3.05, 3.63) is 28.8 Å². The average molecular weight is 296 g/mol. The molecule has 3 N–H and O–H groups in total. The molecule has 2 rings (SSSR count). The van der Waals surface area contributed by atoms with Crippen molar-refractivity contribution in [2.24, 2.45) is 22.7 Å². The lowest BCUT2D eigenvalue weighted by molar-refractivity contribution is 0.311. The second kappa shape index (κ2) is 6.35. The third-order valence-corrected chi connectivity index (χ3v) is 4.49. The fourth-order valence-corrected chi connectivity index (χ4v) is 3.15. The van der Waals surface area contributed by atoms with Gasteiger partial charge >= 0.3 is 0 Å². The predicted octanol–water partition coefficient (Wildman–Crippen LogP) is 3.31. The third-order valence-electron chi connectivity index (χ3n) is 4.18. The lowest BCUT2D eigenvalue weighted by Gasteiger charge is -2.36. The summed E-state index contributed by atoms with van der Waals surface area (Å²) in [5.41, 5.74) is 7.35. The van der Waals surface area contributed by atoms with Crippen molar-refractivity contribution < 1.29 is 5.21 Å². The van der Waals surface area contributed by atoms with Gasteiger partial charge in [-0.2, -0.15) is 0 Å². The maximum absolute atomic E-state index is 8.94. The van der Waals surface area contributed by atoms with Gasteiger partial charge in [0.2, 0.25) is 0 Å². The summed E-state index contributed by atoms with van der Waals surface area (Å²) in [5.74, 6) is 1.56. The second-order valence-corrected chi connectivity index (χ2v) is 6.09. The standard InChI is InChI=1S/C15H22ClN3O/c1-10(2)11-6-8-19(9-7-11)13-5-3-4-12(16)14(13)15(17)18-20/h3-5,10-11,20H,6-9H2,1-2H3,(H2,17,18). The van der Waals surface area contributed by atoms with E-state index < -0.39 is 0 Å². The number of nitrogens with two attached hydrogens (primary N) is 1. The summed E-state index contributed by atoms with van der Waals surface area (Å²) < 4.78 is 0. The maximum Gasteiger partial charge on any atom is 0.173 e. The van der Waals surface area contributed by atoms with Crippen molar-refractivity contribution in [3.8, 4) is 0 Å². The van der Waals surface area contributed by atoms with Crippen molar-refractivity contribution in [1.29, 1.82) is 0 Å². The van der Waals surface area contributed by atoms with Gasteiger partial charge in [0.05, 0.1) is 10.6 Å². The van der Waals surface area contributed by atoms with Gasteiger partial charge in [-0.25, -0.2) is 0 Å². The highest BCUT2D eigenvalue weighted by Crippen LogP contribution is 2.32. The summed E-state index contributed by atoms with van der Waals surface area (Å²) in [6.45, 7) is 6.52. The van der Waals surface area contributed by atoms with Crippen LogP contribution in [-0.2, 0) is 0 Å². The molecule has 0 saturated carbocycles. The Kier molecular flexibility index (Phi) is 4.76. The Morgan fingerprint density at radius 2 is 2.05 bits per heavy atom. The Morgan fingerprint density at radius 3 is 2.60 bits per heavy atom. The molecule has 0 aliphatic carbocycles. The quantitative estimate of drug-likeness (QED) is 0.389. The largest absolute Gasteiger partial charge is 0.409 e. The number of oxime groups is 1. The molecular formula is C15H22ClN3O. The highest BCUT2D eigenvalue weighted by molar-refractivity contribution is 6.34. The topological polar surface area (TPSA) is 61.8 Å². The lowest BCUT2D eigenvalue weighted by atomic mass is 9.86. The Hall–Kier alpha value is -1.42. The van der Waals surface area contributed by atoms with E-state index in [0.29, 0.717) is 10.6 Å². The molecule has 0 radical (unpaired) electrons. The molecule has 5 heteroatoms. The highest BCUT2D eigenvalue weighted by Gasteiger charge is 2.24. The summed E-state index contributed by atoms with van der Waals surface area (Å²) in [4.78, 5) is 2.28. The zero-order valence-corrected chi connectivity index (χ0v) is 12.8. The molecule has 110 valence electrons. The minimum Gasteiger partial charge on any atom is -0.409 e. The molecule has 20 heavy (non-hydrogen) atoms. The molecule has 1 aromatic rings. The Bertz CT molecular complexity index is 494. The van der Waals surface area contributed by atoms with E-state index in [1.54, 1.807) is 6.07 Å². The first-order valence-corrected chi connectivity index (χ1v) is 7.43. The fourth-order valence-electron chi connectivity index (χ4n) is 2.89. The molecule has 4 nitrogen and oxygen atoms in total. The minimum atomic E-state index is 0.0663. The molecular weight excluding hydrogens is 274 g/mol. The Morgan fingerprint density at radius 1 is 1.40 bits per heavy atom. The van der Waals surface area contributed by atoms with Gasteiger partial charge in [-0.05, 0) is 36.8 Å². The van der Waals surface area contributed by atoms with Gasteiger partial charge in [-0.15, -0.1) is 0 Å². The number of anilines is 1. The van der Waals surface area contributed by atoms with E-state index in [4.69, 9.17) is 22.5 Å². The highest BCUT2D eigenvalue weighted by atomic mass is 35.5. The summed E-state index contributed by atoms with van der Waals surface area (Å²) in [7, 11) is 0. The van der Waals surface area contributed by atoms with Crippen LogP contribution >= 0.6 is 11.6 Å². The van der Waals surface area contributed by atoms with Crippen LogP contribution < -0.4 is 10.6 Å². The van der Waals surface area contributed by atoms with Gasteiger partial charge < -0.3 is 15.8 Å². The van der Waals surface area contributed by atoms with Crippen molar-refractivity contribution in [1.82, 2.24) is 0 Å². The van der Waals surface area contributed by atoms with Gasteiger partial charge in [0.15, 0.2) is 5.84 Å². The molecule has 0 amide bonds. The number of nitrogens with zero attached hydrogens (tertiary/aromatic N) is 2. The molecule has 1 heterocycles. The lowest BCUT2D eigenvalue weighted by Crippen LogP contribution is -2.36. The van der Waals surface area contributed by atoms with Crippen LogP contribution in [0.3, 0.4) is 0 Å². The van der Waals surface area contributed by atoms with Gasteiger partial charge in [0.1, 0.15) is 0 Å². The Balaban J connectivity index is 2.24. The third kappa shape index (κ3) is 3.01. The second-order valence-electron chi connectivity index (χ2n) is 5.69. The zero-order valence-electron chi connectivity index (χ0n) is 12.0. The van der Waals surface area contributed by atoms with Crippen molar-refractivity contribution >= 4 is 23.1 Å². The molecule has 0 aromatic heterocycles. The van der Waals surface area contributed by atoms with Gasteiger partial charge in [0.25, 0.3) is 0 Å². The minimum absolute atomic E-state index is 0.0663. The number of halogens is 1. The van der Waals surface area contributed by atoms with Gasteiger partial charge in [-0.1, -0.05) is 36.7 Å². The van der Waals surface area contributed by atoms with E-state index in [2.05, 4.69) is 23.9 Å². The Labute approximate surface area is 125 Å². The van der Waals surface area contributed by atoms with Crippen LogP contribution in [0.2, 0.25) is 5.02 Å². The number of hydrogen-bond donors (Lipinski definition) is 2. The molecule has 1 aromatic carbocycles. The van der Waals surface area contributed by atoms with Crippen LogP contribution in [0.1, 0.15) is 32.3 Å². The number of benzene rings is 1. The van der Waals surface area contributed by atoms with Gasteiger partial charge in [0, 0.05) is 18.8 Å². The van der Waals surface area contributed by atoms with Crippen LogP contribution in [0.4, 0.5) is 5.69 Å². The van der Waals surface area contributed by atoms with Crippen molar-refractivity contribution in [2.75, 3.05) is 18.0 Å². The SMILES string of the molecule is CC(C)C1CCN(c2cccc(Cl)c2/C(N)=N/O)CC1. The van der Waals surface area contributed by atoms with Crippen LogP contribution in [0.15, 0.2) is 23.4 Å². The fraction of sp³-hybridized carbons (Fsp3) is 0.533. The number of rotatable bonds is 3. The predicted molar refractivity (Wildman–Crippen MR) is 83.7 cm³/mol. The molecule has 1 aliphatic heterocycles. The molecule has 1 aliphatic rings. The average Bonchev–Trinajstić information content (AvgIpc) is 2.46. The van der Waals surface area contributed by atoms with E-state index >= 15 is 0 Å².